The van der Waals surface area contributed by atoms with Crippen molar-refractivity contribution in [2.24, 2.45) is 0 Å². The topological polar surface area (TPSA) is 35.0 Å². The van der Waals surface area contributed by atoms with Crippen molar-refractivity contribution in [1.82, 2.24) is 10.2 Å². The molecule has 1 aromatic carbocycles. The molecule has 0 bridgehead atoms. The van der Waals surface area contributed by atoms with E-state index in [1.54, 1.807) is 11.3 Å². The van der Waals surface area contributed by atoms with Gasteiger partial charge in [-0.15, -0.1) is 10.2 Å². The summed E-state index contributed by atoms with van der Waals surface area (Å²) < 4.78 is 6.74. The standard InChI is InChI=1S/C10H9IN2OS/c1-7-12-13-10(15-7)6-14-9-5-3-2-4-8(9)11/h2-5H,6H2,1H3. The van der Waals surface area contributed by atoms with Gasteiger partial charge in [-0.1, -0.05) is 23.5 Å². The molecule has 0 N–H and O–H groups in total. The van der Waals surface area contributed by atoms with Crippen molar-refractivity contribution in [2.75, 3.05) is 0 Å². The summed E-state index contributed by atoms with van der Waals surface area (Å²) >= 11 is 3.81. The molecule has 0 amide bonds. The molecule has 5 heteroatoms. The van der Waals surface area contributed by atoms with Crippen LogP contribution in [-0.2, 0) is 6.61 Å². The molecule has 0 aliphatic heterocycles. The van der Waals surface area contributed by atoms with Gasteiger partial charge in [-0.05, 0) is 41.6 Å². The van der Waals surface area contributed by atoms with Crippen molar-refractivity contribution in [3.63, 3.8) is 0 Å². The van der Waals surface area contributed by atoms with Crippen molar-refractivity contribution in [2.45, 2.75) is 13.5 Å². The Morgan fingerprint density at radius 3 is 2.80 bits per heavy atom. The van der Waals surface area contributed by atoms with Gasteiger partial charge in [0.1, 0.15) is 17.4 Å². The summed E-state index contributed by atoms with van der Waals surface area (Å²) in [6.45, 7) is 2.43. The van der Waals surface area contributed by atoms with Crippen LogP contribution in [0.2, 0.25) is 0 Å². The first-order valence-electron chi connectivity index (χ1n) is 4.42. The molecule has 0 unspecified atom stereocenters. The van der Waals surface area contributed by atoms with Gasteiger partial charge < -0.3 is 4.74 Å². The lowest BCUT2D eigenvalue weighted by molar-refractivity contribution is 0.302. The van der Waals surface area contributed by atoms with E-state index in [-0.39, 0.29) is 0 Å². The van der Waals surface area contributed by atoms with Crippen LogP contribution in [-0.4, -0.2) is 10.2 Å². The second-order valence-electron chi connectivity index (χ2n) is 2.93. The number of rotatable bonds is 3. The molecule has 0 saturated heterocycles. The molecule has 0 atom stereocenters. The molecule has 0 fully saturated rings. The van der Waals surface area contributed by atoms with Crippen LogP contribution in [0.3, 0.4) is 0 Å². The highest BCUT2D eigenvalue weighted by molar-refractivity contribution is 14.1. The summed E-state index contributed by atoms with van der Waals surface area (Å²) in [6.07, 6.45) is 0. The maximum atomic E-state index is 5.64. The molecule has 78 valence electrons. The lowest BCUT2D eigenvalue weighted by atomic mass is 10.3. The molecule has 0 aliphatic rings. The molecule has 2 aromatic rings. The number of para-hydroxylation sites is 1. The predicted molar refractivity (Wildman–Crippen MR) is 68.1 cm³/mol. The molecule has 1 heterocycles. The molecule has 0 radical (unpaired) electrons. The van der Waals surface area contributed by atoms with Gasteiger partial charge in [0.2, 0.25) is 0 Å². The first kappa shape index (κ1) is 10.8. The molecule has 0 aliphatic carbocycles. The van der Waals surface area contributed by atoms with Crippen molar-refractivity contribution in [3.05, 3.63) is 37.9 Å². The number of halogens is 1. The number of benzene rings is 1. The minimum Gasteiger partial charge on any atom is -0.485 e. The van der Waals surface area contributed by atoms with Crippen LogP contribution >= 0.6 is 33.9 Å². The SMILES string of the molecule is Cc1nnc(COc2ccccc2I)s1. The van der Waals surface area contributed by atoms with Gasteiger partial charge in [-0.2, -0.15) is 0 Å². The fourth-order valence-corrected chi connectivity index (χ4v) is 2.26. The van der Waals surface area contributed by atoms with Gasteiger partial charge in [-0.25, -0.2) is 0 Å². The normalized spacial score (nSPS) is 10.3. The van der Waals surface area contributed by atoms with Crippen LogP contribution in [0.25, 0.3) is 0 Å². The quantitative estimate of drug-likeness (QED) is 0.811. The Balaban J connectivity index is 2.02. The summed E-state index contributed by atoms with van der Waals surface area (Å²) in [5, 5.41) is 9.82. The molecule has 1 aromatic heterocycles. The van der Waals surface area contributed by atoms with Gasteiger partial charge in [0, 0.05) is 0 Å². The fraction of sp³-hybridized carbons (Fsp3) is 0.200. The summed E-state index contributed by atoms with van der Waals surface area (Å²) in [5.74, 6) is 0.894. The highest BCUT2D eigenvalue weighted by atomic mass is 127. The monoisotopic (exact) mass is 332 g/mol. The third-order valence-corrected chi connectivity index (χ3v) is 3.46. The third-order valence-electron chi connectivity index (χ3n) is 1.76. The number of nitrogens with zero attached hydrogens (tertiary/aromatic N) is 2. The van der Waals surface area contributed by atoms with Gasteiger partial charge >= 0.3 is 0 Å². The third kappa shape index (κ3) is 2.88. The van der Waals surface area contributed by atoms with Crippen molar-refractivity contribution in [1.29, 1.82) is 0 Å². The average molecular weight is 332 g/mol. The van der Waals surface area contributed by atoms with Gasteiger partial charge in [0.15, 0.2) is 5.01 Å². The lowest BCUT2D eigenvalue weighted by Gasteiger charge is -2.04. The van der Waals surface area contributed by atoms with Gasteiger partial charge in [-0.3, -0.25) is 0 Å². The number of hydrogen-bond donors (Lipinski definition) is 0. The van der Waals surface area contributed by atoms with Crippen LogP contribution in [0.4, 0.5) is 0 Å². The Kier molecular flexibility index (Phi) is 3.53. The van der Waals surface area contributed by atoms with Crippen LogP contribution < -0.4 is 4.74 Å². The molecule has 0 saturated carbocycles. The second-order valence-corrected chi connectivity index (χ2v) is 5.36. The van der Waals surface area contributed by atoms with Crippen LogP contribution in [0.15, 0.2) is 24.3 Å². The summed E-state index contributed by atoms with van der Waals surface area (Å²) in [4.78, 5) is 0. The van der Waals surface area contributed by atoms with Crippen LogP contribution in [0.1, 0.15) is 10.0 Å². The first-order valence-corrected chi connectivity index (χ1v) is 6.31. The smallest absolute Gasteiger partial charge is 0.155 e. The maximum Gasteiger partial charge on any atom is 0.155 e. The van der Waals surface area contributed by atoms with Crippen molar-refractivity contribution in [3.8, 4) is 5.75 Å². The van der Waals surface area contributed by atoms with Gasteiger partial charge in [0.05, 0.1) is 3.57 Å². The number of aryl methyl sites for hydroxylation is 1. The van der Waals surface area contributed by atoms with Gasteiger partial charge in [0.25, 0.3) is 0 Å². The van der Waals surface area contributed by atoms with E-state index in [1.165, 1.54) is 0 Å². The zero-order chi connectivity index (χ0) is 10.7. The maximum absolute atomic E-state index is 5.64. The summed E-state index contributed by atoms with van der Waals surface area (Å²) in [6, 6.07) is 7.92. The van der Waals surface area contributed by atoms with E-state index in [2.05, 4.69) is 32.8 Å². The fourth-order valence-electron chi connectivity index (χ4n) is 1.10. The minimum atomic E-state index is 0.492. The summed E-state index contributed by atoms with van der Waals surface area (Å²) in [7, 11) is 0. The van der Waals surface area contributed by atoms with E-state index in [4.69, 9.17) is 4.74 Å². The largest absolute Gasteiger partial charge is 0.485 e. The Morgan fingerprint density at radius 1 is 1.33 bits per heavy atom. The Hall–Kier alpha value is -0.690. The Bertz CT molecular complexity index is 458. The molecule has 2 rings (SSSR count). The number of hydrogen-bond acceptors (Lipinski definition) is 4. The zero-order valence-corrected chi connectivity index (χ0v) is 11.1. The van der Waals surface area contributed by atoms with Crippen LogP contribution in [0, 0.1) is 10.5 Å². The molecular weight excluding hydrogens is 323 g/mol. The van der Waals surface area contributed by atoms with E-state index < -0.39 is 0 Å². The lowest BCUT2D eigenvalue weighted by Crippen LogP contribution is -1.96. The molecular formula is C10H9IN2OS. The van der Waals surface area contributed by atoms with E-state index >= 15 is 0 Å². The Labute approximate surface area is 106 Å². The highest BCUT2D eigenvalue weighted by Crippen LogP contribution is 2.21. The van der Waals surface area contributed by atoms with E-state index in [9.17, 15) is 0 Å². The Morgan fingerprint density at radius 2 is 2.13 bits per heavy atom. The first-order chi connectivity index (χ1) is 7.25. The zero-order valence-electron chi connectivity index (χ0n) is 8.11. The molecule has 15 heavy (non-hydrogen) atoms. The highest BCUT2D eigenvalue weighted by Gasteiger charge is 2.03. The summed E-state index contributed by atoms with van der Waals surface area (Å²) in [5.41, 5.74) is 0. The predicted octanol–water partition coefficient (Wildman–Crippen LogP) is 3.03. The van der Waals surface area contributed by atoms with E-state index in [1.807, 2.05) is 31.2 Å². The average Bonchev–Trinajstić information content (AvgIpc) is 2.63. The van der Waals surface area contributed by atoms with Crippen molar-refractivity contribution >= 4 is 33.9 Å². The van der Waals surface area contributed by atoms with E-state index in [0.29, 0.717) is 6.61 Å². The number of aromatic nitrogens is 2. The molecule has 0 spiro atoms. The number of ether oxygens (including phenoxy) is 1. The van der Waals surface area contributed by atoms with Crippen molar-refractivity contribution < 1.29 is 4.74 Å². The van der Waals surface area contributed by atoms with Crippen LogP contribution in [0.5, 0.6) is 5.75 Å². The van der Waals surface area contributed by atoms with E-state index in [0.717, 1.165) is 19.3 Å². The molecule has 3 nitrogen and oxygen atoms in total. The minimum absolute atomic E-state index is 0.492. The second kappa shape index (κ2) is 4.89.